The van der Waals surface area contributed by atoms with Crippen LogP contribution in [0.4, 0.5) is 0 Å². The van der Waals surface area contributed by atoms with Crippen molar-refractivity contribution in [1.29, 1.82) is 0 Å². The van der Waals surface area contributed by atoms with E-state index < -0.39 is 0 Å². The number of rotatable bonds is 6. The van der Waals surface area contributed by atoms with E-state index in [1.165, 1.54) is 49.0 Å². The Labute approximate surface area is 116 Å². The van der Waals surface area contributed by atoms with Crippen molar-refractivity contribution >= 4 is 11.3 Å². The van der Waals surface area contributed by atoms with Gasteiger partial charge < -0.3 is 5.32 Å². The smallest absolute Gasteiger partial charge is 0.0385 e. The maximum Gasteiger partial charge on any atom is 0.0385 e. The summed E-state index contributed by atoms with van der Waals surface area (Å²) >= 11 is 1.89. The van der Waals surface area contributed by atoms with Crippen LogP contribution in [-0.2, 0) is 0 Å². The molecule has 1 aromatic rings. The van der Waals surface area contributed by atoms with E-state index in [1.807, 2.05) is 11.3 Å². The summed E-state index contributed by atoms with van der Waals surface area (Å²) < 4.78 is 0. The first kappa shape index (κ1) is 14.1. The zero-order valence-electron chi connectivity index (χ0n) is 12.1. The van der Waals surface area contributed by atoms with Gasteiger partial charge in [-0.2, -0.15) is 0 Å². The van der Waals surface area contributed by atoms with Crippen LogP contribution in [0, 0.1) is 12.3 Å². The van der Waals surface area contributed by atoms with E-state index in [-0.39, 0.29) is 0 Å². The fraction of sp³-hybridized carbons (Fsp3) is 0.750. The Morgan fingerprint density at radius 1 is 1.33 bits per heavy atom. The van der Waals surface area contributed by atoms with E-state index in [0.717, 1.165) is 6.54 Å². The Morgan fingerprint density at radius 2 is 2.06 bits per heavy atom. The molecule has 0 aromatic carbocycles. The van der Waals surface area contributed by atoms with Gasteiger partial charge in [-0.05, 0) is 61.6 Å². The summed E-state index contributed by atoms with van der Waals surface area (Å²) in [4.78, 5) is 1.44. The van der Waals surface area contributed by atoms with Crippen LogP contribution in [0.15, 0.2) is 11.4 Å². The second kappa shape index (κ2) is 6.21. The summed E-state index contributed by atoms with van der Waals surface area (Å²) in [6.45, 7) is 8.00. The van der Waals surface area contributed by atoms with Gasteiger partial charge in [0.05, 0.1) is 0 Å². The average Bonchev–Trinajstić information content (AvgIpc) is 3.00. The van der Waals surface area contributed by atoms with Crippen molar-refractivity contribution in [3.63, 3.8) is 0 Å². The number of hydrogen-bond donors (Lipinski definition) is 1. The molecule has 0 spiro atoms. The number of aryl methyl sites for hydroxylation is 1. The van der Waals surface area contributed by atoms with Crippen LogP contribution in [0.2, 0.25) is 0 Å². The fourth-order valence-electron chi connectivity index (χ4n) is 3.52. The van der Waals surface area contributed by atoms with Gasteiger partial charge in [-0.3, -0.25) is 0 Å². The highest BCUT2D eigenvalue weighted by atomic mass is 32.1. The van der Waals surface area contributed by atoms with E-state index in [1.54, 1.807) is 0 Å². The molecule has 1 atom stereocenters. The van der Waals surface area contributed by atoms with Gasteiger partial charge >= 0.3 is 0 Å². The average molecular weight is 265 g/mol. The summed E-state index contributed by atoms with van der Waals surface area (Å²) in [5.41, 5.74) is 2.05. The SMILES string of the molecule is CCCNC(c1csc(C)c1)C1(CC)CCCC1. The second-order valence-electron chi connectivity index (χ2n) is 5.80. The molecule has 2 rings (SSSR count). The summed E-state index contributed by atoms with van der Waals surface area (Å²) in [6, 6.07) is 2.98. The predicted molar refractivity (Wildman–Crippen MR) is 81.3 cm³/mol. The maximum absolute atomic E-state index is 3.84. The lowest BCUT2D eigenvalue weighted by molar-refractivity contribution is 0.187. The molecule has 1 saturated carbocycles. The molecule has 102 valence electrons. The van der Waals surface area contributed by atoms with Gasteiger partial charge in [0.1, 0.15) is 0 Å². The van der Waals surface area contributed by atoms with Crippen molar-refractivity contribution in [3.05, 3.63) is 21.9 Å². The first-order valence-electron chi connectivity index (χ1n) is 7.50. The molecule has 0 saturated heterocycles. The van der Waals surface area contributed by atoms with Gasteiger partial charge in [0, 0.05) is 10.9 Å². The lowest BCUT2D eigenvalue weighted by Crippen LogP contribution is -2.36. The highest BCUT2D eigenvalue weighted by Crippen LogP contribution is 2.50. The third-order valence-corrected chi connectivity index (χ3v) is 5.48. The molecule has 18 heavy (non-hydrogen) atoms. The van der Waals surface area contributed by atoms with Crippen LogP contribution in [0.3, 0.4) is 0 Å². The second-order valence-corrected chi connectivity index (χ2v) is 6.92. The Morgan fingerprint density at radius 3 is 2.56 bits per heavy atom. The third kappa shape index (κ3) is 2.80. The van der Waals surface area contributed by atoms with Gasteiger partial charge in [-0.15, -0.1) is 11.3 Å². The summed E-state index contributed by atoms with van der Waals surface area (Å²) in [5.74, 6) is 0. The molecule has 1 unspecified atom stereocenters. The number of hydrogen-bond acceptors (Lipinski definition) is 2. The fourth-order valence-corrected chi connectivity index (χ4v) is 4.25. The van der Waals surface area contributed by atoms with Crippen molar-refractivity contribution in [2.24, 2.45) is 5.41 Å². The van der Waals surface area contributed by atoms with Gasteiger partial charge in [0.15, 0.2) is 0 Å². The van der Waals surface area contributed by atoms with Gasteiger partial charge in [0.25, 0.3) is 0 Å². The molecule has 1 aliphatic carbocycles. The lowest BCUT2D eigenvalue weighted by atomic mass is 9.74. The normalized spacial score (nSPS) is 20.2. The molecule has 0 amide bonds. The molecule has 0 radical (unpaired) electrons. The highest BCUT2D eigenvalue weighted by molar-refractivity contribution is 7.10. The molecule has 1 aromatic heterocycles. The van der Waals surface area contributed by atoms with E-state index in [0.29, 0.717) is 11.5 Å². The Kier molecular flexibility index (Phi) is 4.85. The van der Waals surface area contributed by atoms with Crippen LogP contribution in [0.1, 0.15) is 68.9 Å². The van der Waals surface area contributed by atoms with Crippen LogP contribution >= 0.6 is 11.3 Å². The van der Waals surface area contributed by atoms with Crippen LogP contribution in [0.25, 0.3) is 0 Å². The van der Waals surface area contributed by atoms with Crippen LogP contribution < -0.4 is 5.32 Å². The van der Waals surface area contributed by atoms with E-state index in [2.05, 4.69) is 37.5 Å². The molecule has 1 fully saturated rings. The van der Waals surface area contributed by atoms with Gasteiger partial charge in [-0.25, -0.2) is 0 Å². The molecular formula is C16H27NS. The molecule has 1 heterocycles. The number of nitrogens with one attached hydrogen (secondary N) is 1. The molecule has 1 nitrogen and oxygen atoms in total. The minimum atomic E-state index is 0.517. The first-order valence-corrected chi connectivity index (χ1v) is 8.38. The molecule has 2 heteroatoms. The van der Waals surface area contributed by atoms with Crippen molar-refractivity contribution in [1.82, 2.24) is 5.32 Å². The quantitative estimate of drug-likeness (QED) is 0.757. The molecule has 0 aliphatic heterocycles. The third-order valence-electron chi connectivity index (χ3n) is 4.60. The topological polar surface area (TPSA) is 12.0 Å². The van der Waals surface area contributed by atoms with Crippen molar-refractivity contribution in [3.8, 4) is 0 Å². The Hall–Kier alpha value is -0.340. The largest absolute Gasteiger partial charge is 0.309 e. The predicted octanol–water partition coefficient (Wildman–Crippen LogP) is 5.07. The zero-order chi connectivity index (χ0) is 13.0. The summed E-state index contributed by atoms with van der Waals surface area (Å²) in [7, 11) is 0. The highest BCUT2D eigenvalue weighted by Gasteiger charge is 2.40. The van der Waals surface area contributed by atoms with Crippen LogP contribution in [-0.4, -0.2) is 6.54 Å². The monoisotopic (exact) mass is 265 g/mol. The minimum Gasteiger partial charge on any atom is -0.309 e. The van der Waals surface area contributed by atoms with Gasteiger partial charge in [0.2, 0.25) is 0 Å². The maximum atomic E-state index is 3.84. The van der Waals surface area contributed by atoms with Crippen LogP contribution in [0.5, 0.6) is 0 Å². The van der Waals surface area contributed by atoms with E-state index in [4.69, 9.17) is 0 Å². The number of thiophene rings is 1. The molecule has 0 bridgehead atoms. The molecular weight excluding hydrogens is 238 g/mol. The summed E-state index contributed by atoms with van der Waals surface area (Å²) in [5, 5.41) is 6.21. The summed E-state index contributed by atoms with van der Waals surface area (Å²) in [6.07, 6.45) is 8.17. The van der Waals surface area contributed by atoms with Crippen molar-refractivity contribution in [2.75, 3.05) is 6.54 Å². The Bertz CT molecular complexity index is 363. The zero-order valence-corrected chi connectivity index (χ0v) is 12.9. The lowest BCUT2D eigenvalue weighted by Gasteiger charge is -2.37. The van der Waals surface area contributed by atoms with Gasteiger partial charge in [-0.1, -0.05) is 26.7 Å². The van der Waals surface area contributed by atoms with Crippen molar-refractivity contribution in [2.45, 2.75) is 65.3 Å². The minimum absolute atomic E-state index is 0.517. The molecule has 1 aliphatic rings. The van der Waals surface area contributed by atoms with E-state index >= 15 is 0 Å². The first-order chi connectivity index (χ1) is 8.72. The van der Waals surface area contributed by atoms with E-state index in [9.17, 15) is 0 Å². The van der Waals surface area contributed by atoms with Crippen molar-refractivity contribution < 1.29 is 0 Å². The Balaban J connectivity index is 2.23. The molecule has 1 N–H and O–H groups in total. The standard InChI is InChI=1S/C16H27NS/c1-4-10-17-15(14-11-13(3)18-12-14)16(5-2)8-6-7-9-16/h11-12,15,17H,4-10H2,1-3H3.